The number of quaternary nitrogens is 1. The minimum atomic E-state index is -1.55. The highest BCUT2D eigenvalue weighted by atomic mass is 16.6. The van der Waals surface area contributed by atoms with Crippen molar-refractivity contribution >= 4 is 5.97 Å². The van der Waals surface area contributed by atoms with Gasteiger partial charge < -0.3 is 14.3 Å². The van der Waals surface area contributed by atoms with E-state index in [4.69, 9.17) is 4.74 Å². The Balaban J connectivity index is 1.39. The van der Waals surface area contributed by atoms with Gasteiger partial charge in [-0.05, 0) is 42.5 Å². The van der Waals surface area contributed by atoms with Gasteiger partial charge in [-0.2, -0.15) is 0 Å². The molecule has 0 spiro atoms. The van der Waals surface area contributed by atoms with Crippen LogP contribution in [0.2, 0.25) is 0 Å². The van der Waals surface area contributed by atoms with Gasteiger partial charge in [0.1, 0.15) is 12.6 Å². The van der Waals surface area contributed by atoms with Gasteiger partial charge in [0, 0.05) is 37.6 Å². The van der Waals surface area contributed by atoms with Crippen LogP contribution in [0.25, 0.3) is 0 Å². The van der Waals surface area contributed by atoms with Gasteiger partial charge in [0.2, 0.25) is 0 Å². The number of rotatable bonds is 9. The molecule has 1 saturated heterocycles. The fourth-order valence-corrected chi connectivity index (χ4v) is 5.95. The number of likely N-dealkylation sites (N-methyl/N-ethyl adjacent to an activating group) is 1. The summed E-state index contributed by atoms with van der Waals surface area (Å²) < 4.78 is 6.88. The predicted octanol–water partition coefficient (Wildman–Crippen LogP) is 4.63. The number of ether oxygens (including phenoxy) is 1. The lowest BCUT2D eigenvalue weighted by molar-refractivity contribution is -0.921. The number of hydrogen-bond acceptors (Lipinski definition) is 4. The molecule has 1 saturated carbocycles. The van der Waals surface area contributed by atoms with Crippen molar-refractivity contribution in [2.45, 2.75) is 69.4 Å². The second-order valence-electron chi connectivity index (χ2n) is 10.2. The van der Waals surface area contributed by atoms with Crippen LogP contribution in [0.5, 0.6) is 0 Å². The number of aryl methyl sites for hydroxylation is 1. The number of aliphatic hydroxyl groups is 1. The SMILES string of the molecule is C[N@@+]1(CCCc2ccncc2)CCCC1COC(=O)C(O)(c1ccccc1)C1CCCCC1. The van der Waals surface area contributed by atoms with E-state index in [2.05, 4.69) is 24.2 Å². The average molecular weight is 452 g/mol. The minimum absolute atomic E-state index is 0.0778. The third kappa shape index (κ3) is 5.47. The lowest BCUT2D eigenvalue weighted by atomic mass is 9.73. The largest absolute Gasteiger partial charge is 0.457 e. The Kier molecular flexibility index (Phi) is 7.82. The molecule has 3 atom stereocenters. The summed E-state index contributed by atoms with van der Waals surface area (Å²) in [6.07, 6.45) is 13.1. The summed E-state index contributed by atoms with van der Waals surface area (Å²) in [5, 5.41) is 11.8. The zero-order valence-corrected chi connectivity index (χ0v) is 20.0. The Labute approximate surface area is 198 Å². The predicted molar refractivity (Wildman–Crippen MR) is 129 cm³/mol. The topological polar surface area (TPSA) is 59.4 Å². The van der Waals surface area contributed by atoms with Crippen LogP contribution in [0.4, 0.5) is 0 Å². The number of pyridine rings is 1. The summed E-state index contributed by atoms with van der Waals surface area (Å²) in [5.74, 6) is -0.540. The smallest absolute Gasteiger partial charge is 0.343 e. The third-order valence-electron chi connectivity index (χ3n) is 8.10. The van der Waals surface area contributed by atoms with E-state index >= 15 is 0 Å². The molecule has 5 heteroatoms. The molecule has 1 aliphatic heterocycles. The fraction of sp³-hybridized carbons (Fsp3) is 0.571. The van der Waals surface area contributed by atoms with E-state index in [1.807, 2.05) is 42.7 Å². The monoisotopic (exact) mass is 451 g/mol. The zero-order valence-electron chi connectivity index (χ0n) is 20.0. The van der Waals surface area contributed by atoms with Crippen LogP contribution in [-0.4, -0.2) is 53.3 Å². The van der Waals surface area contributed by atoms with E-state index in [1.54, 1.807) is 0 Å². The number of carbonyl (C=O) groups is 1. The quantitative estimate of drug-likeness (QED) is 0.446. The molecule has 1 aliphatic carbocycles. The number of nitrogens with zero attached hydrogens (tertiary/aromatic N) is 2. The van der Waals surface area contributed by atoms with E-state index in [0.717, 1.165) is 68.9 Å². The molecule has 178 valence electrons. The number of aromatic nitrogens is 1. The van der Waals surface area contributed by atoms with Crippen molar-refractivity contribution in [3.63, 3.8) is 0 Å². The van der Waals surface area contributed by atoms with Crippen molar-refractivity contribution in [3.8, 4) is 0 Å². The standard InChI is InChI=1S/C28H39N2O3/c1-30(20-8-10-23-16-18-29-19-17-23)21-9-15-26(30)22-33-27(31)28(32,24-11-4-2-5-12-24)25-13-6-3-7-14-25/h2,4-5,11-12,16-19,25-26,32H,3,6-10,13-15,20-22H2,1H3/q+1/t26?,28?,30-/m1/s1. The lowest BCUT2D eigenvalue weighted by Crippen LogP contribution is -2.52. The van der Waals surface area contributed by atoms with Crippen LogP contribution >= 0.6 is 0 Å². The maximum atomic E-state index is 13.4. The van der Waals surface area contributed by atoms with Crippen molar-refractivity contribution in [1.82, 2.24) is 4.98 Å². The van der Waals surface area contributed by atoms with Crippen LogP contribution < -0.4 is 0 Å². The maximum Gasteiger partial charge on any atom is 0.343 e. The average Bonchev–Trinajstić information content (AvgIpc) is 3.23. The molecule has 1 aromatic carbocycles. The second-order valence-corrected chi connectivity index (χ2v) is 10.2. The first-order valence-corrected chi connectivity index (χ1v) is 12.7. The summed E-state index contributed by atoms with van der Waals surface area (Å²) in [5.41, 5.74) is 0.437. The molecule has 2 aromatic rings. The highest BCUT2D eigenvalue weighted by Gasteiger charge is 2.48. The molecule has 1 N–H and O–H groups in total. The minimum Gasteiger partial charge on any atom is -0.457 e. The summed E-state index contributed by atoms with van der Waals surface area (Å²) in [6, 6.07) is 13.9. The van der Waals surface area contributed by atoms with Crippen molar-refractivity contribution in [1.29, 1.82) is 0 Å². The van der Waals surface area contributed by atoms with Crippen molar-refractivity contribution < 1.29 is 19.1 Å². The van der Waals surface area contributed by atoms with Crippen molar-refractivity contribution in [3.05, 3.63) is 66.0 Å². The van der Waals surface area contributed by atoms with Gasteiger partial charge in [0.05, 0.1) is 20.1 Å². The lowest BCUT2D eigenvalue weighted by Gasteiger charge is -2.39. The third-order valence-corrected chi connectivity index (χ3v) is 8.10. The summed E-state index contributed by atoms with van der Waals surface area (Å²) in [4.78, 5) is 17.5. The number of esters is 1. The molecule has 1 aromatic heterocycles. The Bertz CT molecular complexity index is 885. The van der Waals surface area contributed by atoms with E-state index in [-0.39, 0.29) is 12.0 Å². The first-order valence-electron chi connectivity index (χ1n) is 12.7. The van der Waals surface area contributed by atoms with Crippen LogP contribution in [0.3, 0.4) is 0 Å². The van der Waals surface area contributed by atoms with E-state index < -0.39 is 11.6 Å². The fourth-order valence-electron chi connectivity index (χ4n) is 5.95. The molecular weight excluding hydrogens is 412 g/mol. The number of likely N-dealkylation sites (tertiary alicyclic amines) is 1. The highest BCUT2D eigenvalue weighted by molar-refractivity contribution is 5.81. The zero-order chi connectivity index (χ0) is 23.2. The molecule has 2 unspecified atom stereocenters. The highest BCUT2D eigenvalue weighted by Crippen LogP contribution is 2.40. The molecule has 0 radical (unpaired) electrons. The summed E-state index contributed by atoms with van der Waals surface area (Å²) in [7, 11) is 2.29. The second kappa shape index (κ2) is 10.8. The van der Waals surface area contributed by atoms with Gasteiger partial charge in [-0.1, -0.05) is 49.6 Å². The molecule has 0 bridgehead atoms. The molecule has 2 heterocycles. The van der Waals surface area contributed by atoms with E-state index in [0.29, 0.717) is 12.2 Å². The normalized spacial score (nSPS) is 25.5. The molecule has 5 nitrogen and oxygen atoms in total. The Morgan fingerprint density at radius 3 is 2.52 bits per heavy atom. The van der Waals surface area contributed by atoms with E-state index in [9.17, 15) is 9.90 Å². The number of carbonyl (C=O) groups excluding carboxylic acids is 1. The molecule has 4 rings (SSSR count). The first kappa shape index (κ1) is 23.9. The molecule has 0 amide bonds. The molecule has 2 fully saturated rings. The molecule has 33 heavy (non-hydrogen) atoms. The van der Waals surface area contributed by atoms with Gasteiger partial charge in [0.15, 0.2) is 5.60 Å². The number of hydrogen-bond donors (Lipinski definition) is 1. The molecule has 2 aliphatic rings. The Morgan fingerprint density at radius 1 is 1.06 bits per heavy atom. The van der Waals surface area contributed by atoms with E-state index in [1.165, 1.54) is 12.0 Å². The maximum absolute atomic E-state index is 13.4. The van der Waals surface area contributed by atoms with Crippen LogP contribution in [-0.2, 0) is 21.6 Å². The summed E-state index contributed by atoms with van der Waals surface area (Å²) >= 11 is 0. The Morgan fingerprint density at radius 2 is 1.79 bits per heavy atom. The van der Waals surface area contributed by atoms with Gasteiger partial charge in [-0.3, -0.25) is 4.98 Å². The van der Waals surface area contributed by atoms with Crippen molar-refractivity contribution in [2.24, 2.45) is 5.92 Å². The van der Waals surface area contributed by atoms with Crippen LogP contribution in [0.15, 0.2) is 54.9 Å². The van der Waals surface area contributed by atoms with Gasteiger partial charge in [0.25, 0.3) is 0 Å². The number of benzene rings is 1. The van der Waals surface area contributed by atoms with Gasteiger partial charge in [-0.25, -0.2) is 4.79 Å². The van der Waals surface area contributed by atoms with Crippen molar-refractivity contribution in [2.75, 3.05) is 26.7 Å². The van der Waals surface area contributed by atoms with Gasteiger partial charge in [-0.15, -0.1) is 0 Å². The molecular formula is C28H39N2O3+. The Hall–Kier alpha value is -2.24. The van der Waals surface area contributed by atoms with Gasteiger partial charge >= 0.3 is 5.97 Å². The first-order chi connectivity index (χ1) is 16.0. The van der Waals surface area contributed by atoms with Crippen LogP contribution in [0.1, 0.15) is 62.5 Å². The summed E-state index contributed by atoms with van der Waals surface area (Å²) in [6.45, 7) is 2.56. The van der Waals surface area contributed by atoms with Crippen LogP contribution in [0, 0.1) is 5.92 Å².